The summed E-state index contributed by atoms with van der Waals surface area (Å²) in [6.45, 7) is 1.77. The molecule has 0 spiro atoms. The van der Waals surface area contributed by atoms with E-state index in [1.54, 1.807) is 0 Å². The first kappa shape index (κ1) is 13.3. The number of ether oxygens (including phenoxy) is 2. The van der Waals surface area contributed by atoms with E-state index in [1.807, 2.05) is 0 Å². The molecule has 0 saturated carbocycles. The Morgan fingerprint density at radius 1 is 1.00 bits per heavy atom. The molecule has 2 atom stereocenters. The van der Waals surface area contributed by atoms with Gasteiger partial charge in [-0.3, -0.25) is 0 Å². The Hall–Kier alpha value is 3.25. The van der Waals surface area contributed by atoms with Gasteiger partial charge in [0.05, 0.1) is 0 Å². The predicted octanol–water partition coefficient (Wildman–Crippen LogP) is 2.47. The molecule has 0 aromatic rings. The maximum absolute atomic E-state index is 5.74. The van der Waals surface area contributed by atoms with Gasteiger partial charge >= 0.3 is 119 Å². The van der Waals surface area contributed by atoms with E-state index < -0.39 is 40.5 Å². The second-order valence-corrected chi connectivity index (χ2v) is 29.2. The van der Waals surface area contributed by atoms with Crippen molar-refractivity contribution in [2.45, 2.75) is 20.1 Å². The van der Waals surface area contributed by atoms with Gasteiger partial charge in [-0.05, 0) is 0 Å². The van der Waals surface area contributed by atoms with Crippen molar-refractivity contribution in [3.8, 4) is 0 Å². The Morgan fingerprint density at radius 3 is 1.67 bits per heavy atom. The van der Waals surface area contributed by atoms with Crippen molar-refractivity contribution in [2.24, 2.45) is 0 Å². The number of hydrogen-bond acceptors (Lipinski definition) is 2. The van der Waals surface area contributed by atoms with Gasteiger partial charge in [0.25, 0.3) is 0 Å². The van der Waals surface area contributed by atoms with Gasteiger partial charge in [0.2, 0.25) is 0 Å². The van der Waals surface area contributed by atoms with Crippen LogP contribution in [0.3, 0.4) is 0 Å². The van der Waals surface area contributed by atoms with Gasteiger partial charge in [0.15, 0.2) is 0 Å². The van der Waals surface area contributed by atoms with Crippen molar-refractivity contribution in [3.63, 3.8) is 0 Å². The average Bonchev–Trinajstić information content (AvgIpc) is 2.09. The van der Waals surface area contributed by atoms with Crippen LogP contribution in [0.25, 0.3) is 0 Å². The molecule has 2 nitrogen and oxygen atoms in total. The van der Waals surface area contributed by atoms with Gasteiger partial charge in [0, 0.05) is 0 Å². The molecule has 64 valence electrons. The third kappa shape index (κ3) is 5.37. The third-order valence-electron chi connectivity index (χ3n) is 1.90. The molecular formula is C6H10Hg2I2O2. The summed E-state index contributed by atoms with van der Waals surface area (Å²) in [6, 6.07) is 0. The number of hydrogen-bond donors (Lipinski definition) is 0. The second kappa shape index (κ2) is 8.41. The van der Waals surface area contributed by atoms with E-state index in [2.05, 4.69) is 35.3 Å². The number of halogens is 2. The van der Waals surface area contributed by atoms with Crippen molar-refractivity contribution < 1.29 is 50.0 Å². The summed E-state index contributed by atoms with van der Waals surface area (Å²) >= 11 is 4.19. The zero-order valence-electron chi connectivity index (χ0n) is 6.97. The summed E-state index contributed by atoms with van der Waals surface area (Å²) in [5.41, 5.74) is 0. The molecule has 1 heterocycles. The van der Waals surface area contributed by atoms with Crippen LogP contribution in [-0.2, 0) is 50.0 Å². The second-order valence-electron chi connectivity index (χ2n) is 2.87. The van der Waals surface area contributed by atoms with Gasteiger partial charge in [-0.1, -0.05) is 0 Å². The molecule has 0 aromatic heterocycles. The molecule has 0 aromatic carbocycles. The molecule has 0 amide bonds. The van der Waals surface area contributed by atoms with Crippen molar-refractivity contribution >= 4 is 35.3 Å². The van der Waals surface area contributed by atoms with Crippen LogP contribution in [0.4, 0.5) is 0 Å². The van der Waals surface area contributed by atoms with Gasteiger partial charge < -0.3 is 0 Å². The van der Waals surface area contributed by atoms with E-state index in [9.17, 15) is 0 Å². The molecular weight excluding hydrogens is 759 g/mol. The fourth-order valence-electron chi connectivity index (χ4n) is 1.16. The summed E-state index contributed by atoms with van der Waals surface area (Å²) in [6.07, 6.45) is 0.955. The van der Waals surface area contributed by atoms with E-state index in [4.69, 9.17) is 9.47 Å². The van der Waals surface area contributed by atoms with Crippen LogP contribution in [-0.4, -0.2) is 25.4 Å². The first-order valence-corrected chi connectivity index (χ1v) is 42.9. The zero-order valence-corrected chi connectivity index (χ0v) is 22.3. The van der Waals surface area contributed by atoms with Gasteiger partial charge in [0.1, 0.15) is 0 Å². The third-order valence-corrected chi connectivity index (χ3v) is 19.5. The molecule has 1 aliphatic rings. The average molecular weight is 769 g/mol. The van der Waals surface area contributed by atoms with Crippen molar-refractivity contribution in [3.05, 3.63) is 0 Å². The molecule has 1 fully saturated rings. The fourth-order valence-corrected chi connectivity index (χ4v) is 17.8. The molecule has 12 heavy (non-hydrogen) atoms. The Labute approximate surface area is 116 Å². The summed E-state index contributed by atoms with van der Waals surface area (Å²) in [7, 11) is 0. The molecule has 1 saturated heterocycles. The van der Waals surface area contributed by atoms with Crippen molar-refractivity contribution in [1.82, 2.24) is 0 Å². The zero-order chi connectivity index (χ0) is 8.81. The Bertz CT molecular complexity index is 106. The molecule has 0 unspecified atom stereocenters. The molecule has 0 N–H and O–H groups in total. The van der Waals surface area contributed by atoms with Gasteiger partial charge in [-0.2, -0.15) is 0 Å². The summed E-state index contributed by atoms with van der Waals surface area (Å²) in [5, 5.41) is 0. The summed E-state index contributed by atoms with van der Waals surface area (Å²) in [4.78, 5) is 0. The predicted molar refractivity (Wildman–Crippen MR) is 57.1 cm³/mol. The van der Waals surface area contributed by atoms with E-state index in [0.29, 0.717) is 12.2 Å². The standard InChI is InChI=1S/C6H10O2.2Hg.2HI/c1-5-3-8-6(2)4-7-5;;;;/h5-6H,1-4H2;;;2*1H/q;2*+1;;/p-2/t5-,6+;;;;. The molecule has 0 bridgehead atoms. The maximum atomic E-state index is 5.74. The molecule has 0 aliphatic carbocycles. The van der Waals surface area contributed by atoms with Gasteiger partial charge in [-0.25, -0.2) is 0 Å². The minimum atomic E-state index is -0.513. The SMILES string of the molecule is [I][Hg][CH2][C@H]1CO[C@H]([CH2][Hg][I])CO1. The van der Waals surface area contributed by atoms with E-state index in [1.165, 1.54) is 7.86 Å². The molecule has 1 aliphatic heterocycles. The van der Waals surface area contributed by atoms with Crippen molar-refractivity contribution in [2.75, 3.05) is 13.2 Å². The van der Waals surface area contributed by atoms with E-state index >= 15 is 0 Å². The van der Waals surface area contributed by atoms with Gasteiger partial charge in [-0.15, -0.1) is 0 Å². The molecule has 6 heteroatoms. The normalized spacial score (nSPS) is 29.2. The van der Waals surface area contributed by atoms with E-state index in [0.717, 1.165) is 13.2 Å². The van der Waals surface area contributed by atoms with Crippen LogP contribution in [0.1, 0.15) is 0 Å². The first-order chi connectivity index (χ1) is 5.86. The molecule has 1 rings (SSSR count). The quantitative estimate of drug-likeness (QED) is 0.324. The topological polar surface area (TPSA) is 18.5 Å². The Kier molecular flexibility index (Phi) is 9.33. The summed E-state index contributed by atoms with van der Waals surface area (Å²) in [5.74, 6) is 0. The summed E-state index contributed by atoms with van der Waals surface area (Å²) < 4.78 is 14.2. The minimum absolute atomic E-state index is 0.477. The van der Waals surface area contributed by atoms with Crippen LogP contribution in [0.15, 0.2) is 0 Å². The van der Waals surface area contributed by atoms with Crippen molar-refractivity contribution in [1.29, 1.82) is 0 Å². The van der Waals surface area contributed by atoms with Crippen LogP contribution in [0.2, 0.25) is 7.86 Å². The van der Waals surface area contributed by atoms with Crippen LogP contribution in [0.5, 0.6) is 0 Å². The monoisotopic (exact) mass is 772 g/mol. The Morgan fingerprint density at radius 2 is 1.42 bits per heavy atom. The van der Waals surface area contributed by atoms with Crippen LogP contribution >= 0.6 is 35.3 Å². The molecule has 0 radical (unpaired) electrons. The Balaban J connectivity index is 2.11. The van der Waals surface area contributed by atoms with E-state index in [-0.39, 0.29) is 0 Å². The fraction of sp³-hybridized carbons (Fsp3) is 1.00. The number of rotatable bonds is 4. The van der Waals surface area contributed by atoms with Crippen LogP contribution < -0.4 is 0 Å². The first-order valence-electron chi connectivity index (χ1n) is 4.22. The van der Waals surface area contributed by atoms with Crippen LogP contribution in [0, 0.1) is 0 Å².